The summed E-state index contributed by atoms with van der Waals surface area (Å²) in [5.41, 5.74) is 3.49. The molecule has 0 radical (unpaired) electrons. The number of para-hydroxylation sites is 2. The number of aliphatic hydroxyl groups excluding tert-OH is 1. The first-order valence-corrected chi connectivity index (χ1v) is 16.1. The van der Waals surface area contributed by atoms with Crippen LogP contribution in [0.3, 0.4) is 0 Å². The summed E-state index contributed by atoms with van der Waals surface area (Å²) >= 11 is 1.66. The van der Waals surface area contributed by atoms with Crippen LogP contribution in [-0.4, -0.2) is 69.5 Å². The van der Waals surface area contributed by atoms with Gasteiger partial charge in [-0.1, -0.05) is 62.4 Å². The molecule has 0 aromatic heterocycles. The molecule has 3 unspecified atom stereocenters. The molecule has 3 aliphatic rings. The number of aliphatic hydroxyl groups is 1. The Labute approximate surface area is 259 Å². The third-order valence-corrected chi connectivity index (χ3v) is 11.8. The van der Waals surface area contributed by atoms with Gasteiger partial charge in [0.15, 0.2) is 0 Å². The van der Waals surface area contributed by atoms with Crippen molar-refractivity contribution in [2.75, 3.05) is 29.5 Å². The van der Waals surface area contributed by atoms with Crippen LogP contribution in [-0.2, 0) is 14.4 Å². The first-order valence-electron chi connectivity index (χ1n) is 15.2. The number of nitrogens with zero attached hydrogens (tertiary/aromatic N) is 3. The van der Waals surface area contributed by atoms with Crippen LogP contribution in [0.1, 0.15) is 37.8 Å². The van der Waals surface area contributed by atoms with E-state index in [0.717, 1.165) is 28.9 Å². The molecule has 2 aromatic rings. The SMILES string of the molecule is C=CCN(C(=O)[C@@H]1[C@H]2C(=O)N([C@@H](CC)CO)C(C(=O)N(CC=C)c3c(C)cccc3C)C23S[C@@H]1CC3C)c1ccccc1. The predicted octanol–water partition coefficient (Wildman–Crippen LogP) is 5.15. The van der Waals surface area contributed by atoms with E-state index in [1.54, 1.807) is 38.6 Å². The van der Waals surface area contributed by atoms with Gasteiger partial charge in [-0.25, -0.2) is 0 Å². The maximum atomic E-state index is 15.0. The molecule has 7 nitrogen and oxygen atoms in total. The molecular weight excluding hydrogens is 558 g/mol. The maximum absolute atomic E-state index is 15.0. The quantitative estimate of drug-likeness (QED) is 0.361. The molecule has 2 bridgehead atoms. The maximum Gasteiger partial charge on any atom is 0.251 e. The lowest BCUT2D eigenvalue weighted by atomic mass is 9.65. The summed E-state index contributed by atoms with van der Waals surface area (Å²) in [4.78, 5) is 49.3. The summed E-state index contributed by atoms with van der Waals surface area (Å²) < 4.78 is -0.797. The van der Waals surface area contributed by atoms with Gasteiger partial charge in [0.05, 0.1) is 29.2 Å². The number of benzene rings is 2. The van der Waals surface area contributed by atoms with Crippen LogP contribution in [0.25, 0.3) is 0 Å². The molecule has 2 aromatic carbocycles. The molecule has 5 rings (SSSR count). The van der Waals surface area contributed by atoms with Gasteiger partial charge in [-0.05, 0) is 55.9 Å². The highest BCUT2D eigenvalue weighted by Gasteiger charge is 2.77. The molecule has 3 amide bonds. The van der Waals surface area contributed by atoms with Gasteiger partial charge < -0.3 is 19.8 Å². The number of hydrogen-bond donors (Lipinski definition) is 1. The van der Waals surface area contributed by atoms with Gasteiger partial charge in [0, 0.05) is 29.7 Å². The Kier molecular flexibility index (Phi) is 8.91. The molecule has 3 fully saturated rings. The fraction of sp³-hybridized carbons (Fsp3) is 0.457. The van der Waals surface area contributed by atoms with Crippen LogP contribution in [0.15, 0.2) is 73.8 Å². The second-order valence-electron chi connectivity index (χ2n) is 12.1. The summed E-state index contributed by atoms with van der Waals surface area (Å²) in [5.74, 6) is -1.74. The van der Waals surface area contributed by atoms with Crippen molar-refractivity contribution in [3.63, 3.8) is 0 Å². The summed E-state index contributed by atoms with van der Waals surface area (Å²) in [7, 11) is 0. The Morgan fingerprint density at radius 1 is 1.05 bits per heavy atom. The second-order valence-corrected chi connectivity index (χ2v) is 13.6. The Morgan fingerprint density at radius 3 is 2.26 bits per heavy atom. The monoisotopic (exact) mass is 601 g/mol. The number of hydrogen-bond acceptors (Lipinski definition) is 5. The molecular formula is C35H43N3O4S. The normalized spacial score (nSPS) is 28.0. The molecule has 8 heteroatoms. The smallest absolute Gasteiger partial charge is 0.251 e. The van der Waals surface area contributed by atoms with Crippen LogP contribution in [0.5, 0.6) is 0 Å². The van der Waals surface area contributed by atoms with Gasteiger partial charge >= 0.3 is 0 Å². The van der Waals surface area contributed by atoms with Gasteiger partial charge in [-0.3, -0.25) is 14.4 Å². The van der Waals surface area contributed by atoms with Crippen molar-refractivity contribution in [1.29, 1.82) is 0 Å². The van der Waals surface area contributed by atoms with Crippen molar-refractivity contribution < 1.29 is 19.5 Å². The third kappa shape index (κ3) is 4.83. The van der Waals surface area contributed by atoms with Crippen LogP contribution in [0.4, 0.5) is 11.4 Å². The van der Waals surface area contributed by atoms with E-state index >= 15 is 4.79 Å². The summed E-state index contributed by atoms with van der Waals surface area (Å²) in [6.07, 6.45) is 4.65. The largest absolute Gasteiger partial charge is 0.394 e. The first-order chi connectivity index (χ1) is 20.7. The van der Waals surface area contributed by atoms with Gasteiger partial charge in [0.2, 0.25) is 11.8 Å². The number of thioether (sulfide) groups is 1. The second kappa shape index (κ2) is 12.3. The van der Waals surface area contributed by atoms with E-state index in [-0.39, 0.29) is 42.0 Å². The molecule has 3 heterocycles. The topological polar surface area (TPSA) is 81.2 Å². The van der Waals surface area contributed by atoms with E-state index in [4.69, 9.17) is 0 Å². The van der Waals surface area contributed by atoms with Crippen LogP contribution in [0.2, 0.25) is 0 Å². The van der Waals surface area contributed by atoms with E-state index in [2.05, 4.69) is 20.1 Å². The molecule has 1 N–H and O–H groups in total. The molecule has 228 valence electrons. The van der Waals surface area contributed by atoms with Crippen molar-refractivity contribution >= 4 is 40.9 Å². The van der Waals surface area contributed by atoms with Gasteiger partial charge in [0.25, 0.3) is 5.91 Å². The van der Waals surface area contributed by atoms with E-state index in [0.29, 0.717) is 13.0 Å². The number of carbonyl (C=O) groups excluding carboxylic acids is 3. The lowest BCUT2D eigenvalue weighted by molar-refractivity contribution is -0.142. The molecule has 3 aliphatic heterocycles. The Balaban J connectivity index is 1.65. The lowest BCUT2D eigenvalue weighted by Crippen LogP contribution is -2.59. The Hall–Kier alpha value is -3.36. The Morgan fingerprint density at radius 2 is 1.67 bits per heavy atom. The lowest BCUT2D eigenvalue weighted by Gasteiger charge is -2.42. The van der Waals surface area contributed by atoms with Crippen molar-refractivity contribution in [2.24, 2.45) is 17.8 Å². The predicted molar refractivity (Wildman–Crippen MR) is 174 cm³/mol. The van der Waals surface area contributed by atoms with Crippen molar-refractivity contribution in [3.05, 3.63) is 85.0 Å². The van der Waals surface area contributed by atoms with Gasteiger partial charge in [-0.2, -0.15) is 0 Å². The minimum absolute atomic E-state index is 0.0174. The molecule has 0 saturated carbocycles. The van der Waals surface area contributed by atoms with Crippen molar-refractivity contribution in [3.8, 4) is 0 Å². The van der Waals surface area contributed by atoms with Crippen LogP contribution >= 0.6 is 11.8 Å². The number of likely N-dealkylation sites (tertiary alicyclic amines) is 1. The Bertz CT molecular complexity index is 1390. The average Bonchev–Trinajstić information content (AvgIpc) is 3.59. The summed E-state index contributed by atoms with van der Waals surface area (Å²) in [6.45, 7) is 16.2. The van der Waals surface area contributed by atoms with E-state index < -0.39 is 28.7 Å². The zero-order chi connectivity index (χ0) is 31.1. The fourth-order valence-corrected chi connectivity index (χ4v) is 10.3. The highest BCUT2D eigenvalue weighted by Crippen LogP contribution is 2.69. The fourth-order valence-electron chi connectivity index (χ4n) is 7.87. The van der Waals surface area contributed by atoms with E-state index in [9.17, 15) is 14.7 Å². The van der Waals surface area contributed by atoms with E-state index in [1.165, 1.54) is 0 Å². The van der Waals surface area contributed by atoms with E-state index in [1.807, 2.05) is 69.3 Å². The first kappa shape index (κ1) is 31.1. The average molecular weight is 602 g/mol. The molecule has 3 saturated heterocycles. The number of carbonyl (C=O) groups is 3. The summed E-state index contributed by atoms with van der Waals surface area (Å²) in [6, 6.07) is 14.1. The van der Waals surface area contributed by atoms with Crippen LogP contribution in [0, 0.1) is 31.6 Å². The summed E-state index contributed by atoms with van der Waals surface area (Å²) in [5, 5.41) is 10.4. The molecule has 7 atom stereocenters. The number of aryl methyl sites for hydroxylation is 2. The molecule has 43 heavy (non-hydrogen) atoms. The third-order valence-electron chi connectivity index (χ3n) is 9.71. The minimum Gasteiger partial charge on any atom is -0.394 e. The highest BCUT2D eigenvalue weighted by molar-refractivity contribution is 8.02. The van der Waals surface area contributed by atoms with Crippen molar-refractivity contribution in [2.45, 2.75) is 62.6 Å². The highest BCUT2D eigenvalue weighted by atomic mass is 32.2. The van der Waals surface area contributed by atoms with Crippen LogP contribution < -0.4 is 9.80 Å². The molecule has 1 spiro atoms. The van der Waals surface area contributed by atoms with Gasteiger partial charge in [-0.15, -0.1) is 24.9 Å². The zero-order valence-electron chi connectivity index (χ0n) is 25.6. The minimum atomic E-state index is -0.826. The number of anilines is 2. The zero-order valence-corrected chi connectivity index (χ0v) is 26.4. The number of fused-ring (bicyclic) bond motifs is 1. The number of rotatable bonds is 11. The molecule has 0 aliphatic carbocycles. The van der Waals surface area contributed by atoms with Gasteiger partial charge in [0.1, 0.15) is 6.04 Å². The van der Waals surface area contributed by atoms with Crippen molar-refractivity contribution in [1.82, 2.24) is 4.90 Å². The number of amides is 3. The standard InChI is InChI=1S/C35H43N3O4S/c1-7-18-36(26-16-11-10-12-17-26)32(40)28-27-20-24(6)35(43-27)29(28)33(41)38(25(9-3)21-39)31(35)34(42)37(19-8-2)30-22(4)14-13-15-23(30)5/h7-8,10-17,24-25,27-29,31,39H,1-2,9,18-21H2,3-6H3/t24?,25-,27+,28-,29-,31?,35?/m0/s1.